The quantitative estimate of drug-likeness (QED) is 0.717. The summed E-state index contributed by atoms with van der Waals surface area (Å²) in [6.07, 6.45) is 0. The molecule has 5 rings (SSSR count). The van der Waals surface area contributed by atoms with Crippen molar-refractivity contribution >= 4 is 16.9 Å². The molecule has 2 aliphatic rings. The molecule has 0 spiro atoms. The topological polar surface area (TPSA) is 77.3 Å². The second kappa shape index (κ2) is 7.17. The van der Waals surface area contributed by atoms with E-state index in [1.807, 2.05) is 19.1 Å². The van der Waals surface area contributed by atoms with E-state index in [-0.39, 0.29) is 17.1 Å². The van der Waals surface area contributed by atoms with Crippen molar-refractivity contribution in [1.82, 2.24) is 4.90 Å². The number of carbonyl (C=O) groups excluding carboxylic acids is 1. The van der Waals surface area contributed by atoms with E-state index in [1.165, 1.54) is 4.90 Å². The van der Waals surface area contributed by atoms with Crippen LogP contribution in [0.2, 0.25) is 0 Å². The van der Waals surface area contributed by atoms with E-state index in [0.29, 0.717) is 28.8 Å². The van der Waals surface area contributed by atoms with Gasteiger partial charge in [-0.2, -0.15) is 0 Å². The molecule has 1 aromatic carbocycles. The number of morpholine rings is 1. The number of carbonyl (C=O) groups is 1. The Morgan fingerprint density at radius 1 is 1.07 bits per heavy atom. The molecule has 3 aromatic rings. The predicted octanol–water partition coefficient (Wildman–Crippen LogP) is 1.15. The largest absolute Gasteiger partial charge is 0.464 e. The van der Waals surface area contributed by atoms with Crippen LogP contribution >= 0.6 is 0 Å². The molecule has 0 unspecified atom stereocenters. The highest BCUT2D eigenvalue weighted by molar-refractivity contribution is 5.98. The van der Waals surface area contributed by atoms with Crippen LogP contribution in [0.5, 0.6) is 0 Å². The minimum absolute atomic E-state index is 0.129. The third kappa shape index (κ3) is 3.07. The van der Waals surface area contributed by atoms with Crippen molar-refractivity contribution in [2.45, 2.75) is 13.0 Å². The molecule has 1 saturated heterocycles. The monoisotopic (exact) mass is 395 g/mol. The normalized spacial score (nSPS) is 19.8. The number of nitrogens with zero attached hydrogens (tertiary/aromatic N) is 1. The van der Waals surface area contributed by atoms with Gasteiger partial charge in [-0.25, -0.2) is 0 Å². The van der Waals surface area contributed by atoms with Gasteiger partial charge in [0, 0.05) is 0 Å². The number of benzene rings is 1. The molecule has 1 atom stereocenters. The summed E-state index contributed by atoms with van der Waals surface area (Å²) in [7, 11) is 0. The van der Waals surface area contributed by atoms with Gasteiger partial charge in [0.25, 0.3) is 5.91 Å². The number of quaternary nitrogens is 1. The van der Waals surface area contributed by atoms with Crippen LogP contribution < -0.4 is 10.3 Å². The minimum Gasteiger partial charge on any atom is -0.464 e. The highest BCUT2D eigenvalue weighted by Gasteiger charge is 2.44. The van der Waals surface area contributed by atoms with Crippen molar-refractivity contribution in [1.29, 1.82) is 0 Å². The number of nitrogens with one attached hydrogen (secondary N) is 1. The molecule has 29 heavy (non-hydrogen) atoms. The first kappa shape index (κ1) is 18.1. The first-order valence-corrected chi connectivity index (χ1v) is 9.98. The smallest absolute Gasteiger partial charge is 0.291 e. The van der Waals surface area contributed by atoms with Crippen LogP contribution in [0.3, 0.4) is 0 Å². The van der Waals surface area contributed by atoms with Crippen LogP contribution in [-0.4, -0.2) is 50.2 Å². The number of rotatable bonds is 4. The van der Waals surface area contributed by atoms with Gasteiger partial charge in [-0.15, -0.1) is 0 Å². The van der Waals surface area contributed by atoms with E-state index in [2.05, 4.69) is 0 Å². The Bertz CT molecular complexity index is 1130. The molecular formula is C22H23N2O5+. The zero-order valence-corrected chi connectivity index (χ0v) is 16.3. The number of aryl methyl sites for hydroxylation is 1. The molecule has 0 saturated carbocycles. The first-order chi connectivity index (χ1) is 14.1. The van der Waals surface area contributed by atoms with Crippen LogP contribution in [0.15, 0.2) is 50.0 Å². The van der Waals surface area contributed by atoms with E-state index >= 15 is 0 Å². The molecule has 2 aliphatic heterocycles. The maximum Gasteiger partial charge on any atom is 0.291 e. The summed E-state index contributed by atoms with van der Waals surface area (Å²) >= 11 is 0. The molecule has 2 aromatic heterocycles. The molecule has 1 fully saturated rings. The zero-order valence-electron chi connectivity index (χ0n) is 16.3. The molecule has 0 aliphatic carbocycles. The van der Waals surface area contributed by atoms with Crippen LogP contribution in [0.25, 0.3) is 11.0 Å². The van der Waals surface area contributed by atoms with Crippen molar-refractivity contribution in [3.05, 3.63) is 69.5 Å². The van der Waals surface area contributed by atoms with Crippen molar-refractivity contribution in [3.63, 3.8) is 0 Å². The summed E-state index contributed by atoms with van der Waals surface area (Å²) in [5, 5.41) is 0.480. The lowest BCUT2D eigenvalue weighted by Crippen LogP contribution is -3.14. The molecule has 150 valence electrons. The predicted molar refractivity (Wildman–Crippen MR) is 105 cm³/mol. The Morgan fingerprint density at radius 3 is 2.62 bits per heavy atom. The van der Waals surface area contributed by atoms with Gasteiger partial charge in [-0.3, -0.25) is 9.59 Å². The van der Waals surface area contributed by atoms with Crippen LogP contribution in [0.4, 0.5) is 0 Å². The van der Waals surface area contributed by atoms with Crippen molar-refractivity contribution < 1.29 is 23.3 Å². The molecule has 1 N–H and O–H groups in total. The lowest BCUT2D eigenvalue weighted by molar-refractivity contribution is -0.907. The lowest BCUT2D eigenvalue weighted by Gasteiger charge is -2.28. The van der Waals surface area contributed by atoms with Crippen LogP contribution in [0.1, 0.15) is 33.7 Å². The number of hydrogen-bond acceptors (Lipinski definition) is 5. The lowest BCUT2D eigenvalue weighted by atomic mass is 10.0. The Hall–Kier alpha value is -2.90. The number of hydrogen-bond donors (Lipinski definition) is 1. The summed E-state index contributed by atoms with van der Waals surface area (Å²) in [6, 6.07) is 10.2. The van der Waals surface area contributed by atoms with Crippen LogP contribution in [-0.2, 0) is 4.74 Å². The van der Waals surface area contributed by atoms with Gasteiger partial charge in [0.05, 0.1) is 37.3 Å². The van der Waals surface area contributed by atoms with E-state index in [9.17, 15) is 9.59 Å². The summed E-state index contributed by atoms with van der Waals surface area (Å²) in [5.74, 6) is 1.21. The Labute approximate surface area is 167 Å². The average molecular weight is 395 g/mol. The van der Waals surface area contributed by atoms with Gasteiger partial charge in [0.15, 0.2) is 5.43 Å². The number of ether oxygens (including phenoxy) is 1. The molecule has 7 nitrogen and oxygen atoms in total. The Morgan fingerprint density at radius 2 is 1.86 bits per heavy atom. The highest BCUT2D eigenvalue weighted by Crippen LogP contribution is 2.38. The average Bonchev–Trinajstić information content (AvgIpc) is 3.29. The third-order valence-electron chi connectivity index (χ3n) is 5.81. The standard InChI is InChI=1S/C22H22N2O5/c1-14-6-7-17(28-14)19-18-20(25)15-4-2-3-5-16(15)29-21(18)22(26)24(19)9-8-23-10-12-27-13-11-23/h2-7,19H,8-13H2,1H3/p+1/t19-/m0/s1. The van der Waals surface area contributed by atoms with Gasteiger partial charge in [-0.1, -0.05) is 12.1 Å². The van der Waals surface area contributed by atoms with E-state index in [0.717, 1.165) is 38.6 Å². The third-order valence-corrected chi connectivity index (χ3v) is 5.81. The number of fused-ring (bicyclic) bond motifs is 2. The number of furan rings is 1. The van der Waals surface area contributed by atoms with Gasteiger partial charge < -0.3 is 23.4 Å². The summed E-state index contributed by atoms with van der Waals surface area (Å²) < 4.78 is 17.2. The van der Waals surface area contributed by atoms with Gasteiger partial charge in [-0.05, 0) is 31.2 Å². The second-order valence-corrected chi connectivity index (χ2v) is 7.63. The van der Waals surface area contributed by atoms with E-state index < -0.39 is 6.04 Å². The maximum absolute atomic E-state index is 13.3. The van der Waals surface area contributed by atoms with Gasteiger partial charge in [0.1, 0.15) is 36.2 Å². The summed E-state index contributed by atoms with van der Waals surface area (Å²) in [4.78, 5) is 29.7. The highest BCUT2D eigenvalue weighted by atomic mass is 16.5. The minimum atomic E-state index is -0.563. The van der Waals surface area contributed by atoms with Crippen molar-refractivity contribution in [3.8, 4) is 0 Å². The Balaban J connectivity index is 1.58. The number of para-hydroxylation sites is 1. The fourth-order valence-corrected chi connectivity index (χ4v) is 4.28. The number of amides is 1. The molecule has 4 heterocycles. The molecule has 0 bridgehead atoms. The first-order valence-electron chi connectivity index (χ1n) is 9.98. The maximum atomic E-state index is 13.3. The molecule has 1 amide bonds. The fourth-order valence-electron chi connectivity index (χ4n) is 4.28. The SMILES string of the molecule is Cc1ccc([C@H]2c3c(oc4ccccc4c3=O)C(=O)N2CC[NH+]2CCOCC2)o1. The van der Waals surface area contributed by atoms with Crippen LogP contribution in [0, 0.1) is 6.92 Å². The van der Waals surface area contributed by atoms with Crippen molar-refractivity contribution in [2.24, 2.45) is 0 Å². The second-order valence-electron chi connectivity index (χ2n) is 7.63. The van der Waals surface area contributed by atoms with Gasteiger partial charge >= 0.3 is 0 Å². The van der Waals surface area contributed by atoms with E-state index in [4.69, 9.17) is 13.6 Å². The Kier molecular flexibility index (Phi) is 4.49. The zero-order chi connectivity index (χ0) is 20.0. The summed E-state index contributed by atoms with van der Waals surface area (Å²) in [6.45, 7) is 6.45. The van der Waals surface area contributed by atoms with Gasteiger partial charge in [0.2, 0.25) is 5.76 Å². The fraction of sp³-hybridized carbons (Fsp3) is 0.364. The molecule has 0 radical (unpaired) electrons. The molecular weight excluding hydrogens is 372 g/mol. The molecule has 7 heteroatoms. The van der Waals surface area contributed by atoms with E-state index in [1.54, 1.807) is 29.2 Å². The summed E-state index contributed by atoms with van der Waals surface area (Å²) in [5.41, 5.74) is 0.634. The van der Waals surface area contributed by atoms with Crippen molar-refractivity contribution in [2.75, 3.05) is 39.4 Å².